The van der Waals surface area contributed by atoms with Gasteiger partial charge >= 0.3 is 0 Å². The zero-order valence-electron chi connectivity index (χ0n) is 14.9. The molecule has 0 N–H and O–H groups in total. The van der Waals surface area contributed by atoms with E-state index in [9.17, 15) is 14.4 Å². The molecule has 28 heavy (non-hydrogen) atoms. The number of rotatable bonds is 4. The summed E-state index contributed by atoms with van der Waals surface area (Å²) in [6, 6.07) is 24.2. The third-order valence-electron chi connectivity index (χ3n) is 4.60. The van der Waals surface area contributed by atoms with E-state index >= 15 is 0 Å². The van der Waals surface area contributed by atoms with Crippen LogP contribution in [0.2, 0.25) is 0 Å². The highest BCUT2D eigenvalue weighted by Crippen LogP contribution is 2.32. The third kappa shape index (κ3) is 3.30. The van der Waals surface area contributed by atoms with Crippen molar-refractivity contribution in [2.45, 2.75) is 6.10 Å². The lowest BCUT2D eigenvalue weighted by atomic mass is 10.1. The summed E-state index contributed by atoms with van der Waals surface area (Å²) < 4.78 is 5.92. The summed E-state index contributed by atoms with van der Waals surface area (Å²) in [5.41, 5.74) is 1.32. The van der Waals surface area contributed by atoms with Crippen LogP contribution in [0.3, 0.4) is 0 Å². The number of fused-ring (bicyclic) bond motifs is 1. The Morgan fingerprint density at radius 1 is 0.821 bits per heavy atom. The van der Waals surface area contributed by atoms with E-state index in [1.807, 2.05) is 6.07 Å². The molecular formula is C23H17NO4. The minimum absolute atomic E-state index is 0.259. The molecule has 1 aliphatic heterocycles. The highest BCUT2D eigenvalue weighted by Gasteiger charge is 2.38. The van der Waals surface area contributed by atoms with Gasteiger partial charge in [0.15, 0.2) is 5.78 Å². The van der Waals surface area contributed by atoms with Crippen LogP contribution in [0.5, 0.6) is 5.75 Å². The summed E-state index contributed by atoms with van der Waals surface area (Å²) in [5, 5.41) is 0. The summed E-state index contributed by atoms with van der Waals surface area (Å²) in [6.07, 6.45) is -1.00. The Morgan fingerprint density at radius 3 is 2.14 bits per heavy atom. The summed E-state index contributed by atoms with van der Waals surface area (Å²) >= 11 is 0. The maximum Gasteiger partial charge on any atom is 0.275 e. The fourth-order valence-electron chi connectivity index (χ4n) is 3.16. The predicted octanol–water partition coefficient (Wildman–Crippen LogP) is 3.67. The topological polar surface area (TPSA) is 63.7 Å². The molecule has 5 heteroatoms. The predicted molar refractivity (Wildman–Crippen MR) is 103 cm³/mol. The van der Waals surface area contributed by atoms with E-state index < -0.39 is 17.9 Å². The van der Waals surface area contributed by atoms with E-state index in [1.54, 1.807) is 78.9 Å². The first-order valence-corrected chi connectivity index (χ1v) is 8.90. The van der Waals surface area contributed by atoms with Crippen molar-refractivity contribution in [2.24, 2.45) is 0 Å². The van der Waals surface area contributed by atoms with Gasteiger partial charge in [-0.25, -0.2) is 0 Å². The molecule has 5 nitrogen and oxygen atoms in total. The zero-order valence-corrected chi connectivity index (χ0v) is 14.9. The average Bonchev–Trinajstić information content (AvgIpc) is 2.85. The van der Waals surface area contributed by atoms with Gasteiger partial charge in [-0.3, -0.25) is 19.3 Å². The van der Waals surface area contributed by atoms with Gasteiger partial charge in [0.25, 0.3) is 11.8 Å². The smallest absolute Gasteiger partial charge is 0.275 e. The van der Waals surface area contributed by atoms with Gasteiger partial charge in [-0.05, 0) is 12.1 Å². The highest BCUT2D eigenvalue weighted by molar-refractivity contribution is 6.12. The van der Waals surface area contributed by atoms with E-state index in [0.29, 0.717) is 16.9 Å². The lowest BCUT2D eigenvalue weighted by molar-refractivity contribution is -0.135. The van der Waals surface area contributed by atoms with Crippen LogP contribution in [-0.2, 0) is 4.79 Å². The second kappa shape index (κ2) is 7.48. The maximum absolute atomic E-state index is 13.2. The number of ketones is 1. The second-order valence-electron chi connectivity index (χ2n) is 6.42. The number of carbonyl (C=O) groups is 3. The molecule has 0 radical (unpaired) electrons. The molecule has 0 aliphatic carbocycles. The number of Topliss-reactive ketones (excluding diaryl/α,β-unsaturated/α-hetero) is 1. The lowest BCUT2D eigenvalue weighted by Crippen LogP contribution is -2.42. The van der Waals surface area contributed by atoms with E-state index in [2.05, 4.69) is 0 Å². The first kappa shape index (κ1) is 17.7. The third-order valence-corrected chi connectivity index (χ3v) is 4.60. The Kier molecular flexibility index (Phi) is 4.72. The van der Waals surface area contributed by atoms with Gasteiger partial charge in [0.1, 0.15) is 5.75 Å². The van der Waals surface area contributed by atoms with Crippen LogP contribution in [0.4, 0.5) is 0 Å². The minimum atomic E-state index is -1.00. The molecule has 0 bridgehead atoms. The molecule has 1 unspecified atom stereocenters. The normalized spacial score (nSPS) is 16.1. The Bertz CT molecular complexity index is 1030. The Balaban J connectivity index is 1.74. The fourth-order valence-corrected chi connectivity index (χ4v) is 3.16. The van der Waals surface area contributed by atoms with Crippen LogP contribution < -0.4 is 4.74 Å². The van der Waals surface area contributed by atoms with Crippen molar-refractivity contribution < 1.29 is 19.1 Å². The minimum Gasteiger partial charge on any atom is -0.475 e. The van der Waals surface area contributed by atoms with Crippen molar-refractivity contribution in [1.82, 2.24) is 4.90 Å². The largest absolute Gasteiger partial charge is 0.475 e. The second-order valence-corrected chi connectivity index (χ2v) is 6.42. The molecule has 4 rings (SSSR count). The van der Waals surface area contributed by atoms with Crippen molar-refractivity contribution in [3.05, 3.63) is 102 Å². The van der Waals surface area contributed by atoms with E-state index in [1.165, 1.54) is 0 Å². The van der Waals surface area contributed by atoms with Gasteiger partial charge in [0.05, 0.1) is 12.1 Å². The first-order chi connectivity index (χ1) is 13.6. The van der Waals surface area contributed by atoms with Gasteiger partial charge in [0.2, 0.25) is 6.10 Å². The van der Waals surface area contributed by atoms with Crippen LogP contribution in [0.15, 0.2) is 84.9 Å². The molecule has 138 valence electrons. The van der Waals surface area contributed by atoms with Crippen molar-refractivity contribution in [1.29, 1.82) is 0 Å². The van der Waals surface area contributed by atoms with E-state index in [-0.39, 0.29) is 17.9 Å². The summed E-state index contributed by atoms with van der Waals surface area (Å²) in [7, 11) is 0. The molecule has 2 amide bonds. The number of nitrogens with zero attached hydrogens (tertiary/aromatic N) is 1. The summed E-state index contributed by atoms with van der Waals surface area (Å²) in [4.78, 5) is 40.0. The fraction of sp³-hybridized carbons (Fsp3) is 0.0870. The standard InChI is InChI=1S/C23H17NO4/c25-19(16-9-3-1-4-10-16)15-24-22(26)18-13-7-8-14-20(18)28-21(23(24)27)17-11-5-2-6-12-17/h1-14,21H,15H2. The van der Waals surface area contributed by atoms with Crippen molar-refractivity contribution in [3.63, 3.8) is 0 Å². The zero-order chi connectivity index (χ0) is 19.5. The number of imide groups is 1. The Morgan fingerprint density at radius 2 is 1.43 bits per heavy atom. The molecule has 1 heterocycles. The summed E-state index contributed by atoms with van der Waals surface area (Å²) in [5.74, 6) is -1.09. The van der Waals surface area contributed by atoms with Crippen LogP contribution in [0.25, 0.3) is 0 Å². The number of hydrogen-bond acceptors (Lipinski definition) is 4. The molecule has 3 aromatic rings. The van der Waals surface area contributed by atoms with Crippen molar-refractivity contribution in [2.75, 3.05) is 6.54 Å². The van der Waals surface area contributed by atoms with Gasteiger partial charge < -0.3 is 4.74 Å². The number of carbonyl (C=O) groups excluding carboxylic acids is 3. The molecule has 0 spiro atoms. The molecule has 0 fully saturated rings. The first-order valence-electron chi connectivity index (χ1n) is 8.90. The molecule has 0 saturated carbocycles. The number of para-hydroxylation sites is 1. The SMILES string of the molecule is O=C(CN1C(=O)c2ccccc2OC(c2ccccc2)C1=O)c1ccccc1. The molecule has 1 atom stereocenters. The van der Waals surface area contributed by atoms with E-state index in [0.717, 1.165) is 4.90 Å². The lowest BCUT2D eigenvalue weighted by Gasteiger charge is -2.22. The van der Waals surface area contributed by atoms with Crippen LogP contribution in [0, 0.1) is 0 Å². The number of benzene rings is 3. The number of ether oxygens (including phenoxy) is 1. The van der Waals surface area contributed by atoms with Gasteiger partial charge in [-0.2, -0.15) is 0 Å². The number of hydrogen-bond donors (Lipinski definition) is 0. The highest BCUT2D eigenvalue weighted by atomic mass is 16.5. The van der Waals surface area contributed by atoms with Gasteiger partial charge in [-0.1, -0.05) is 72.8 Å². The Hall–Kier alpha value is -3.73. The van der Waals surface area contributed by atoms with Gasteiger partial charge in [-0.15, -0.1) is 0 Å². The van der Waals surface area contributed by atoms with Crippen LogP contribution >= 0.6 is 0 Å². The molecule has 0 aromatic heterocycles. The monoisotopic (exact) mass is 371 g/mol. The van der Waals surface area contributed by atoms with E-state index in [4.69, 9.17) is 4.74 Å². The van der Waals surface area contributed by atoms with Crippen molar-refractivity contribution >= 4 is 17.6 Å². The average molecular weight is 371 g/mol. The quantitative estimate of drug-likeness (QED) is 0.518. The van der Waals surface area contributed by atoms with Gasteiger partial charge in [0, 0.05) is 11.1 Å². The molecular weight excluding hydrogens is 354 g/mol. The molecule has 1 aliphatic rings. The summed E-state index contributed by atoms with van der Waals surface area (Å²) in [6.45, 7) is -0.345. The molecule has 3 aromatic carbocycles. The maximum atomic E-state index is 13.2. The van der Waals surface area contributed by atoms with Crippen LogP contribution in [-0.4, -0.2) is 29.0 Å². The Labute approximate surface area is 162 Å². The van der Waals surface area contributed by atoms with Crippen molar-refractivity contribution in [3.8, 4) is 5.75 Å². The van der Waals surface area contributed by atoms with Crippen LogP contribution in [0.1, 0.15) is 32.4 Å². The molecule has 0 saturated heterocycles. The number of amides is 2.